The van der Waals surface area contributed by atoms with E-state index in [0.717, 1.165) is 11.5 Å². The summed E-state index contributed by atoms with van der Waals surface area (Å²) in [5.41, 5.74) is 0.872. The first-order valence-electron chi connectivity index (χ1n) is 4.65. The molecule has 1 spiro atoms. The molecule has 2 saturated heterocycles. The van der Waals surface area contributed by atoms with Crippen LogP contribution in [0.25, 0.3) is 0 Å². The summed E-state index contributed by atoms with van der Waals surface area (Å²) < 4.78 is 0. The van der Waals surface area contributed by atoms with E-state index >= 15 is 0 Å². The molecular weight excluding hydrogens is 122 g/mol. The lowest BCUT2D eigenvalue weighted by atomic mass is 9.95. The van der Waals surface area contributed by atoms with E-state index in [9.17, 15) is 0 Å². The highest BCUT2D eigenvalue weighted by molar-refractivity contribution is 5.09. The maximum atomic E-state index is 2.73. The number of fused-ring (bicyclic) bond motifs is 2. The Balaban J connectivity index is 1.90. The van der Waals surface area contributed by atoms with E-state index in [1.165, 1.54) is 32.4 Å². The molecule has 1 heteroatoms. The second kappa shape index (κ2) is 1.58. The minimum Gasteiger partial charge on any atom is -0.300 e. The normalized spacial score (nSPS) is 42.6. The zero-order valence-electron chi connectivity index (χ0n) is 6.47. The first-order valence-corrected chi connectivity index (χ1v) is 4.65. The highest BCUT2D eigenvalue weighted by Gasteiger charge is 2.56. The largest absolute Gasteiger partial charge is 0.300 e. The third kappa shape index (κ3) is 0.531. The highest BCUT2D eigenvalue weighted by Crippen LogP contribution is 2.59. The molecule has 56 valence electrons. The summed E-state index contributed by atoms with van der Waals surface area (Å²) in [6, 6.07) is 1.03. The molecule has 0 amide bonds. The molecule has 3 rings (SSSR count). The average molecular weight is 137 g/mol. The minimum absolute atomic E-state index is 0.872. The second-order valence-corrected chi connectivity index (χ2v) is 4.31. The molecule has 0 aromatic rings. The van der Waals surface area contributed by atoms with Crippen LogP contribution in [0.4, 0.5) is 0 Å². The monoisotopic (exact) mass is 137 g/mol. The van der Waals surface area contributed by atoms with Gasteiger partial charge in [-0.3, -0.25) is 4.90 Å². The Morgan fingerprint density at radius 2 is 2.00 bits per heavy atom. The number of rotatable bonds is 0. The van der Waals surface area contributed by atoms with Gasteiger partial charge in [0.2, 0.25) is 0 Å². The van der Waals surface area contributed by atoms with Crippen LogP contribution in [0, 0.1) is 5.41 Å². The molecular formula is C9H15N. The van der Waals surface area contributed by atoms with Crippen LogP contribution in [0.15, 0.2) is 0 Å². The molecule has 0 N–H and O–H groups in total. The molecule has 0 aromatic heterocycles. The van der Waals surface area contributed by atoms with Crippen LogP contribution in [0.2, 0.25) is 0 Å². The van der Waals surface area contributed by atoms with Crippen molar-refractivity contribution in [2.45, 2.75) is 38.1 Å². The summed E-state index contributed by atoms with van der Waals surface area (Å²) in [6.07, 6.45) is 7.62. The van der Waals surface area contributed by atoms with Gasteiger partial charge in [0.05, 0.1) is 0 Å². The van der Waals surface area contributed by atoms with E-state index in [1.54, 1.807) is 12.8 Å². The van der Waals surface area contributed by atoms with Crippen LogP contribution in [0.5, 0.6) is 0 Å². The summed E-state index contributed by atoms with van der Waals surface area (Å²) in [4.78, 5) is 2.73. The number of nitrogens with zero attached hydrogens (tertiary/aromatic N) is 1. The van der Waals surface area contributed by atoms with Gasteiger partial charge in [0.15, 0.2) is 0 Å². The van der Waals surface area contributed by atoms with E-state index in [2.05, 4.69) is 4.90 Å². The summed E-state index contributed by atoms with van der Waals surface area (Å²) in [7, 11) is 0. The molecule has 1 nitrogen and oxygen atoms in total. The Morgan fingerprint density at radius 3 is 2.80 bits per heavy atom. The van der Waals surface area contributed by atoms with Crippen molar-refractivity contribution in [1.82, 2.24) is 4.90 Å². The predicted octanol–water partition coefficient (Wildman–Crippen LogP) is 1.63. The number of hydrogen-bond donors (Lipinski definition) is 0. The van der Waals surface area contributed by atoms with Gasteiger partial charge in [0.25, 0.3) is 0 Å². The fourth-order valence-electron chi connectivity index (χ4n) is 3.06. The Labute approximate surface area is 62.4 Å². The lowest BCUT2D eigenvalue weighted by Crippen LogP contribution is -2.26. The van der Waals surface area contributed by atoms with Crippen molar-refractivity contribution in [1.29, 1.82) is 0 Å². The summed E-state index contributed by atoms with van der Waals surface area (Å²) >= 11 is 0. The molecule has 3 aliphatic rings. The van der Waals surface area contributed by atoms with Crippen LogP contribution < -0.4 is 0 Å². The lowest BCUT2D eigenvalue weighted by molar-refractivity contribution is 0.281. The summed E-state index contributed by atoms with van der Waals surface area (Å²) in [6.45, 7) is 2.83. The first-order chi connectivity index (χ1) is 4.91. The molecule has 2 aliphatic heterocycles. The van der Waals surface area contributed by atoms with Crippen LogP contribution >= 0.6 is 0 Å². The topological polar surface area (TPSA) is 3.24 Å². The second-order valence-electron chi connectivity index (χ2n) is 4.31. The molecule has 1 unspecified atom stereocenters. The molecule has 0 bridgehead atoms. The van der Waals surface area contributed by atoms with Crippen molar-refractivity contribution in [3.8, 4) is 0 Å². The maximum absolute atomic E-state index is 2.73. The molecule has 10 heavy (non-hydrogen) atoms. The van der Waals surface area contributed by atoms with Crippen molar-refractivity contribution in [2.75, 3.05) is 13.1 Å². The Kier molecular flexibility index (Phi) is 0.883. The van der Waals surface area contributed by atoms with Crippen LogP contribution in [-0.2, 0) is 0 Å². The maximum Gasteiger partial charge on any atom is 0.0153 e. The minimum atomic E-state index is 0.872. The van der Waals surface area contributed by atoms with Crippen molar-refractivity contribution in [3.63, 3.8) is 0 Å². The van der Waals surface area contributed by atoms with Gasteiger partial charge in [-0.25, -0.2) is 0 Å². The Bertz CT molecular complexity index is 160. The zero-order chi connectivity index (χ0) is 6.60. The van der Waals surface area contributed by atoms with E-state index in [0.29, 0.717) is 0 Å². The van der Waals surface area contributed by atoms with Crippen LogP contribution in [-0.4, -0.2) is 24.0 Å². The Morgan fingerprint density at radius 1 is 1.10 bits per heavy atom. The summed E-state index contributed by atoms with van der Waals surface area (Å²) in [5, 5.41) is 0. The molecule has 1 saturated carbocycles. The summed E-state index contributed by atoms with van der Waals surface area (Å²) in [5.74, 6) is 0. The smallest absolute Gasteiger partial charge is 0.0153 e. The van der Waals surface area contributed by atoms with Crippen LogP contribution in [0.3, 0.4) is 0 Å². The van der Waals surface area contributed by atoms with E-state index < -0.39 is 0 Å². The highest BCUT2D eigenvalue weighted by atomic mass is 15.2. The van der Waals surface area contributed by atoms with Crippen molar-refractivity contribution >= 4 is 0 Å². The fourth-order valence-corrected chi connectivity index (χ4v) is 3.06. The zero-order valence-corrected chi connectivity index (χ0v) is 6.47. The van der Waals surface area contributed by atoms with Gasteiger partial charge in [-0.2, -0.15) is 0 Å². The first kappa shape index (κ1) is 5.59. The van der Waals surface area contributed by atoms with Gasteiger partial charge in [-0.05, 0) is 50.6 Å². The standard InChI is InChI=1S/C9H15N/c1-2-8-9(3-4-9)5-7-10(8)6-1/h8H,1-7H2. The van der Waals surface area contributed by atoms with Crippen LogP contribution in [0.1, 0.15) is 32.1 Å². The van der Waals surface area contributed by atoms with Gasteiger partial charge in [-0.15, -0.1) is 0 Å². The third-order valence-electron chi connectivity index (χ3n) is 3.86. The lowest BCUT2D eigenvalue weighted by Gasteiger charge is -2.18. The van der Waals surface area contributed by atoms with Crippen molar-refractivity contribution < 1.29 is 0 Å². The quantitative estimate of drug-likeness (QED) is 0.490. The SMILES string of the molecule is C1CC2N(C1)CCC21CC1. The van der Waals surface area contributed by atoms with Crippen molar-refractivity contribution in [3.05, 3.63) is 0 Å². The van der Waals surface area contributed by atoms with E-state index in [1.807, 2.05) is 0 Å². The van der Waals surface area contributed by atoms with Crippen molar-refractivity contribution in [2.24, 2.45) is 5.41 Å². The van der Waals surface area contributed by atoms with Gasteiger partial charge in [0.1, 0.15) is 0 Å². The van der Waals surface area contributed by atoms with Gasteiger partial charge >= 0.3 is 0 Å². The third-order valence-corrected chi connectivity index (χ3v) is 3.86. The molecule has 1 atom stereocenters. The Hall–Kier alpha value is -0.0400. The predicted molar refractivity (Wildman–Crippen MR) is 40.9 cm³/mol. The van der Waals surface area contributed by atoms with Gasteiger partial charge in [0, 0.05) is 6.04 Å². The number of hydrogen-bond acceptors (Lipinski definition) is 1. The molecule has 3 fully saturated rings. The molecule has 2 heterocycles. The molecule has 0 radical (unpaired) electrons. The molecule has 0 aromatic carbocycles. The fraction of sp³-hybridized carbons (Fsp3) is 1.00. The average Bonchev–Trinajstić information content (AvgIpc) is 2.40. The van der Waals surface area contributed by atoms with E-state index in [4.69, 9.17) is 0 Å². The molecule has 1 aliphatic carbocycles. The van der Waals surface area contributed by atoms with Gasteiger partial charge < -0.3 is 0 Å². The van der Waals surface area contributed by atoms with Gasteiger partial charge in [-0.1, -0.05) is 0 Å². The van der Waals surface area contributed by atoms with E-state index in [-0.39, 0.29) is 0 Å².